The highest BCUT2D eigenvalue weighted by atomic mass is 32.1. The number of rotatable bonds is 2. The molecule has 2 aliphatic rings. The molecule has 0 spiro atoms. The normalized spacial score (nSPS) is 30.2. The van der Waals surface area contributed by atoms with E-state index in [1.54, 1.807) is 11.3 Å². The molecule has 4 nitrogen and oxygen atoms in total. The SMILES string of the molecule is CC1OC(c2csc(N3CCCCC3)n2)O1. The van der Waals surface area contributed by atoms with Gasteiger partial charge in [-0.05, 0) is 26.2 Å². The van der Waals surface area contributed by atoms with Gasteiger partial charge in [-0.2, -0.15) is 0 Å². The monoisotopic (exact) mass is 240 g/mol. The van der Waals surface area contributed by atoms with Gasteiger partial charge in [0.25, 0.3) is 0 Å². The Kier molecular flexibility index (Phi) is 2.83. The third kappa shape index (κ3) is 1.95. The van der Waals surface area contributed by atoms with Crippen molar-refractivity contribution in [3.8, 4) is 0 Å². The fraction of sp³-hybridized carbons (Fsp3) is 0.727. The first-order chi connectivity index (χ1) is 7.83. The second-order valence-corrected chi connectivity index (χ2v) is 5.11. The van der Waals surface area contributed by atoms with Crippen LogP contribution in [0.5, 0.6) is 0 Å². The molecule has 1 aromatic heterocycles. The topological polar surface area (TPSA) is 34.6 Å². The van der Waals surface area contributed by atoms with Crippen molar-refractivity contribution in [1.29, 1.82) is 0 Å². The third-order valence-electron chi connectivity index (χ3n) is 3.01. The Morgan fingerprint density at radius 1 is 1.31 bits per heavy atom. The average Bonchev–Trinajstić information content (AvgIpc) is 2.75. The van der Waals surface area contributed by atoms with Crippen molar-refractivity contribution in [2.45, 2.75) is 38.8 Å². The van der Waals surface area contributed by atoms with Gasteiger partial charge in [0.1, 0.15) is 5.69 Å². The maximum atomic E-state index is 5.43. The minimum absolute atomic E-state index is 0.0786. The molecule has 0 unspecified atom stereocenters. The van der Waals surface area contributed by atoms with E-state index < -0.39 is 0 Å². The molecule has 3 heterocycles. The van der Waals surface area contributed by atoms with Gasteiger partial charge in [-0.25, -0.2) is 4.98 Å². The number of anilines is 1. The van der Waals surface area contributed by atoms with E-state index in [1.165, 1.54) is 19.3 Å². The van der Waals surface area contributed by atoms with Crippen LogP contribution < -0.4 is 4.90 Å². The Balaban J connectivity index is 1.67. The lowest BCUT2D eigenvalue weighted by Crippen LogP contribution is -2.32. The lowest BCUT2D eigenvalue weighted by molar-refractivity contribution is -0.383. The first kappa shape index (κ1) is 10.5. The highest BCUT2D eigenvalue weighted by molar-refractivity contribution is 7.13. The molecule has 3 rings (SSSR count). The van der Waals surface area contributed by atoms with E-state index in [0.29, 0.717) is 0 Å². The van der Waals surface area contributed by atoms with Crippen molar-refractivity contribution >= 4 is 16.5 Å². The maximum Gasteiger partial charge on any atom is 0.207 e. The van der Waals surface area contributed by atoms with Gasteiger partial charge in [0, 0.05) is 18.5 Å². The number of hydrogen-bond acceptors (Lipinski definition) is 5. The minimum Gasteiger partial charge on any atom is -0.348 e. The Bertz CT molecular complexity index is 357. The molecule has 0 aliphatic carbocycles. The summed E-state index contributed by atoms with van der Waals surface area (Å²) in [5, 5.41) is 3.15. The van der Waals surface area contributed by atoms with Crippen molar-refractivity contribution < 1.29 is 9.47 Å². The molecule has 0 atom stereocenters. The van der Waals surface area contributed by atoms with Crippen LogP contribution in [0.2, 0.25) is 0 Å². The predicted octanol–water partition coefficient (Wildman–Crippen LogP) is 2.52. The van der Waals surface area contributed by atoms with Crippen molar-refractivity contribution in [2.75, 3.05) is 18.0 Å². The number of nitrogens with zero attached hydrogens (tertiary/aromatic N) is 2. The third-order valence-corrected chi connectivity index (χ3v) is 3.93. The molecule has 5 heteroatoms. The van der Waals surface area contributed by atoms with Crippen LogP contribution in [0, 0.1) is 0 Å². The molecule has 88 valence electrons. The molecule has 0 amide bonds. The van der Waals surface area contributed by atoms with Gasteiger partial charge in [0.05, 0.1) is 0 Å². The van der Waals surface area contributed by atoms with Crippen molar-refractivity contribution in [2.24, 2.45) is 0 Å². The first-order valence-corrected chi connectivity index (χ1v) is 6.72. The zero-order valence-electron chi connectivity index (χ0n) is 9.39. The van der Waals surface area contributed by atoms with Crippen molar-refractivity contribution in [1.82, 2.24) is 4.98 Å². The Hall–Kier alpha value is -0.650. The molecule has 0 bridgehead atoms. The molecule has 2 saturated heterocycles. The van der Waals surface area contributed by atoms with Crippen LogP contribution in [0.15, 0.2) is 5.38 Å². The Labute approximate surface area is 99.2 Å². The van der Waals surface area contributed by atoms with Gasteiger partial charge in [-0.1, -0.05) is 0 Å². The van der Waals surface area contributed by atoms with E-state index >= 15 is 0 Å². The Morgan fingerprint density at radius 2 is 2.06 bits per heavy atom. The molecule has 0 saturated carbocycles. The van der Waals surface area contributed by atoms with Crippen LogP contribution in [-0.2, 0) is 9.47 Å². The number of hydrogen-bond donors (Lipinski definition) is 0. The summed E-state index contributed by atoms with van der Waals surface area (Å²) in [5.74, 6) is 0. The van der Waals surface area contributed by atoms with Crippen LogP contribution in [0.25, 0.3) is 0 Å². The summed E-state index contributed by atoms with van der Waals surface area (Å²) < 4.78 is 10.9. The number of thiazole rings is 1. The number of piperidine rings is 1. The van der Waals surface area contributed by atoms with Gasteiger partial charge < -0.3 is 14.4 Å². The average molecular weight is 240 g/mol. The molecule has 0 radical (unpaired) electrons. The fourth-order valence-corrected chi connectivity index (χ4v) is 2.99. The zero-order valence-corrected chi connectivity index (χ0v) is 10.2. The van der Waals surface area contributed by atoms with Crippen molar-refractivity contribution in [3.63, 3.8) is 0 Å². The highest BCUT2D eigenvalue weighted by Gasteiger charge is 2.31. The lowest BCUT2D eigenvalue weighted by Gasteiger charge is -2.32. The second kappa shape index (κ2) is 4.31. The zero-order chi connectivity index (χ0) is 11.0. The molecule has 0 aromatic carbocycles. The van der Waals surface area contributed by atoms with Crippen molar-refractivity contribution in [3.05, 3.63) is 11.1 Å². The highest BCUT2D eigenvalue weighted by Crippen LogP contribution is 2.34. The molecule has 2 aliphatic heterocycles. The summed E-state index contributed by atoms with van der Waals surface area (Å²) in [6.45, 7) is 4.17. The molecule has 2 fully saturated rings. The van der Waals surface area contributed by atoms with E-state index in [1.807, 2.05) is 12.3 Å². The van der Waals surface area contributed by atoms with E-state index in [4.69, 9.17) is 9.47 Å². The largest absolute Gasteiger partial charge is 0.348 e. The number of ether oxygens (including phenoxy) is 2. The molecular weight excluding hydrogens is 224 g/mol. The first-order valence-electron chi connectivity index (χ1n) is 5.84. The molecule has 16 heavy (non-hydrogen) atoms. The molecular formula is C11H16N2O2S. The predicted molar refractivity (Wildman–Crippen MR) is 62.6 cm³/mol. The van der Waals surface area contributed by atoms with Gasteiger partial charge >= 0.3 is 0 Å². The van der Waals surface area contributed by atoms with E-state index in [2.05, 4.69) is 9.88 Å². The quantitative estimate of drug-likeness (QED) is 0.795. The maximum absolute atomic E-state index is 5.43. The van der Waals surface area contributed by atoms with Crippen LogP contribution >= 0.6 is 11.3 Å². The van der Waals surface area contributed by atoms with Gasteiger partial charge in [-0.15, -0.1) is 11.3 Å². The standard InChI is InChI=1S/C11H16N2O2S/c1-8-14-10(15-8)9-7-16-11(12-9)13-5-3-2-4-6-13/h7-8,10H,2-6H2,1H3. The molecule has 0 N–H and O–H groups in total. The van der Waals surface area contributed by atoms with E-state index in [0.717, 1.165) is 23.9 Å². The minimum atomic E-state index is -0.232. The molecule has 1 aromatic rings. The summed E-state index contributed by atoms with van der Waals surface area (Å²) >= 11 is 1.69. The van der Waals surface area contributed by atoms with Gasteiger partial charge in [-0.3, -0.25) is 0 Å². The van der Waals surface area contributed by atoms with Crippen LogP contribution in [0.4, 0.5) is 5.13 Å². The summed E-state index contributed by atoms with van der Waals surface area (Å²) in [6, 6.07) is 0. The summed E-state index contributed by atoms with van der Waals surface area (Å²) in [5.41, 5.74) is 0.920. The fourth-order valence-electron chi connectivity index (χ4n) is 2.11. The second-order valence-electron chi connectivity index (χ2n) is 4.27. The lowest BCUT2D eigenvalue weighted by atomic mass is 10.1. The Morgan fingerprint density at radius 3 is 2.75 bits per heavy atom. The summed E-state index contributed by atoms with van der Waals surface area (Å²) in [4.78, 5) is 6.95. The van der Waals surface area contributed by atoms with Crippen LogP contribution in [-0.4, -0.2) is 24.4 Å². The van der Waals surface area contributed by atoms with E-state index in [-0.39, 0.29) is 12.6 Å². The van der Waals surface area contributed by atoms with Crippen LogP contribution in [0.1, 0.15) is 38.2 Å². The van der Waals surface area contributed by atoms with Gasteiger partial charge in [0.15, 0.2) is 11.4 Å². The summed E-state index contributed by atoms with van der Waals surface area (Å²) in [6.07, 6.45) is 3.60. The number of aromatic nitrogens is 1. The smallest absolute Gasteiger partial charge is 0.207 e. The van der Waals surface area contributed by atoms with E-state index in [9.17, 15) is 0 Å². The van der Waals surface area contributed by atoms with Crippen LogP contribution in [0.3, 0.4) is 0 Å². The summed E-state index contributed by atoms with van der Waals surface area (Å²) in [7, 11) is 0. The van der Waals surface area contributed by atoms with Gasteiger partial charge in [0.2, 0.25) is 6.29 Å².